The van der Waals surface area contributed by atoms with E-state index in [9.17, 15) is 0 Å². The molecule has 7 aromatic rings. The molecule has 2 aliphatic carbocycles. The molecule has 0 saturated carbocycles. The van der Waals surface area contributed by atoms with Crippen molar-refractivity contribution < 1.29 is 0 Å². The Morgan fingerprint density at radius 1 is 0.455 bits per heavy atom. The van der Waals surface area contributed by atoms with E-state index in [1.54, 1.807) is 0 Å². The van der Waals surface area contributed by atoms with Gasteiger partial charge in [0.2, 0.25) is 0 Å². The third kappa shape index (κ3) is 3.95. The molecule has 2 heteroatoms. The number of hydrogen-bond acceptors (Lipinski definition) is 0. The predicted octanol–water partition coefficient (Wildman–Crippen LogP) is 11.1. The monoisotopic (exact) mass is 564 g/mol. The summed E-state index contributed by atoms with van der Waals surface area (Å²) in [5, 5.41) is 3.93. The van der Waals surface area contributed by atoms with Gasteiger partial charge in [-0.3, -0.25) is 0 Å². The molecule has 44 heavy (non-hydrogen) atoms. The van der Waals surface area contributed by atoms with E-state index in [4.69, 9.17) is 0 Å². The molecule has 0 bridgehead atoms. The Bertz CT molecular complexity index is 2320. The van der Waals surface area contributed by atoms with Crippen LogP contribution in [-0.2, 0) is 6.42 Å². The number of aromatic nitrogens is 2. The molecule has 2 aliphatic rings. The van der Waals surface area contributed by atoms with Crippen LogP contribution in [-0.4, -0.2) is 9.13 Å². The molecule has 210 valence electrons. The number of aryl methyl sites for hydroxylation is 1. The first kappa shape index (κ1) is 25.2. The Morgan fingerprint density at radius 3 is 1.98 bits per heavy atom. The lowest BCUT2D eigenvalue weighted by molar-refractivity contribution is 0.966. The zero-order valence-corrected chi connectivity index (χ0v) is 24.6. The van der Waals surface area contributed by atoms with Gasteiger partial charge in [0.15, 0.2) is 0 Å². The second kappa shape index (κ2) is 10.1. The lowest BCUT2D eigenvalue weighted by atomic mass is 9.97. The highest BCUT2D eigenvalue weighted by Gasteiger charge is 2.20. The van der Waals surface area contributed by atoms with E-state index in [1.807, 2.05) is 0 Å². The summed E-state index contributed by atoms with van der Waals surface area (Å²) in [6.07, 6.45) is 16.0. The minimum atomic E-state index is 1.09. The van der Waals surface area contributed by atoms with E-state index < -0.39 is 0 Å². The van der Waals surface area contributed by atoms with Crippen molar-refractivity contribution in [1.82, 2.24) is 9.13 Å². The third-order valence-electron chi connectivity index (χ3n) is 9.40. The quantitative estimate of drug-likeness (QED) is 0.201. The van der Waals surface area contributed by atoms with Gasteiger partial charge in [-0.05, 0) is 108 Å². The van der Waals surface area contributed by atoms with Gasteiger partial charge in [0.25, 0.3) is 0 Å². The molecule has 2 aromatic heterocycles. The van der Waals surface area contributed by atoms with Crippen molar-refractivity contribution in [3.05, 3.63) is 156 Å². The maximum Gasteiger partial charge on any atom is 0.0541 e. The number of hydrogen-bond donors (Lipinski definition) is 0. The zero-order valence-electron chi connectivity index (χ0n) is 24.6. The van der Waals surface area contributed by atoms with Crippen molar-refractivity contribution in [2.45, 2.75) is 25.7 Å². The van der Waals surface area contributed by atoms with E-state index in [0.29, 0.717) is 0 Å². The number of rotatable bonds is 4. The molecule has 0 aliphatic heterocycles. The molecular formula is C42H32N2. The van der Waals surface area contributed by atoms with Gasteiger partial charge in [-0.25, -0.2) is 0 Å². The molecule has 2 nitrogen and oxygen atoms in total. The maximum atomic E-state index is 2.45. The fourth-order valence-corrected chi connectivity index (χ4v) is 7.36. The van der Waals surface area contributed by atoms with Gasteiger partial charge in [-0.1, -0.05) is 91.0 Å². The Kier molecular flexibility index (Phi) is 5.80. The molecule has 0 amide bonds. The van der Waals surface area contributed by atoms with Crippen molar-refractivity contribution in [2.75, 3.05) is 0 Å². The van der Waals surface area contributed by atoms with E-state index in [2.05, 4.69) is 155 Å². The minimum Gasteiger partial charge on any atom is -0.310 e. The van der Waals surface area contributed by atoms with Crippen LogP contribution < -0.4 is 0 Å². The van der Waals surface area contributed by atoms with Crippen LogP contribution in [0.1, 0.15) is 36.1 Å². The fourth-order valence-electron chi connectivity index (χ4n) is 7.36. The number of benzene rings is 5. The summed E-state index contributed by atoms with van der Waals surface area (Å²) < 4.78 is 4.90. The Balaban J connectivity index is 1.28. The number of para-hydroxylation sites is 1. The molecule has 0 unspecified atom stereocenters. The summed E-state index contributed by atoms with van der Waals surface area (Å²) in [4.78, 5) is 0. The summed E-state index contributed by atoms with van der Waals surface area (Å²) in [5.41, 5.74) is 13.9. The predicted molar refractivity (Wildman–Crippen MR) is 187 cm³/mol. The van der Waals surface area contributed by atoms with Crippen LogP contribution in [0.2, 0.25) is 0 Å². The summed E-state index contributed by atoms with van der Waals surface area (Å²) in [6, 6.07) is 42.6. The molecule has 0 saturated heterocycles. The van der Waals surface area contributed by atoms with E-state index in [1.165, 1.54) is 77.6 Å². The molecule has 0 fully saturated rings. The number of nitrogens with zero attached hydrogens (tertiary/aromatic N) is 2. The fraction of sp³-hybridized carbons (Fsp3) is 0.0952. The minimum absolute atomic E-state index is 1.09. The second-order valence-electron chi connectivity index (χ2n) is 12.0. The third-order valence-corrected chi connectivity index (χ3v) is 9.40. The van der Waals surface area contributed by atoms with E-state index in [0.717, 1.165) is 25.7 Å². The van der Waals surface area contributed by atoms with Crippen LogP contribution in [0.4, 0.5) is 0 Å². The normalized spacial score (nSPS) is 14.4. The summed E-state index contributed by atoms with van der Waals surface area (Å²) in [6.45, 7) is 0. The van der Waals surface area contributed by atoms with Gasteiger partial charge in [-0.2, -0.15) is 0 Å². The van der Waals surface area contributed by atoms with Gasteiger partial charge < -0.3 is 9.13 Å². The van der Waals surface area contributed by atoms with E-state index >= 15 is 0 Å². The van der Waals surface area contributed by atoms with Crippen molar-refractivity contribution in [3.8, 4) is 22.5 Å². The standard InChI is InChI=1S/C42H32N2/c1-3-12-29(13-4-1)31-22-24-41-37(26-31)38-27-32(30-14-5-2-6-15-30)23-25-42(38)44(41)34-17-11-16-33(28-34)43-39-20-9-7-18-35(39)36-19-8-10-21-40(36)43/h1,3-5,7,9-18,20-28H,2,6,8,19H2. The summed E-state index contributed by atoms with van der Waals surface area (Å²) in [7, 11) is 0. The Labute approximate surface area is 257 Å². The summed E-state index contributed by atoms with van der Waals surface area (Å²) >= 11 is 0. The number of allylic oxidation sites excluding steroid dienone is 5. The SMILES string of the molecule is C1=CC(c2ccc3c(c2)c2cc(-c4ccccc4)ccc2n3-c2cccc(-n3c4c(c5ccccc53)CCC=C4)c2)=CCC1. The highest BCUT2D eigenvalue weighted by Crippen LogP contribution is 2.39. The Morgan fingerprint density at radius 2 is 1.16 bits per heavy atom. The maximum absolute atomic E-state index is 2.45. The zero-order chi connectivity index (χ0) is 29.0. The average molecular weight is 565 g/mol. The largest absolute Gasteiger partial charge is 0.310 e. The average Bonchev–Trinajstić information content (AvgIpc) is 3.61. The van der Waals surface area contributed by atoms with Gasteiger partial charge in [0.05, 0.1) is 16.6 Å². The van der Waals surface area contributed by atoms with Gasteiger partial charge in [0, 0.05) is 33.2 Å². The lowest BCUT2D eigenvalue weighted by Gasteiger charge is -2.15. The van der Waals surface area contributed by atoms with E-state index in [-0.39, 0.29) is 0 Å². The molecule has 2 heterocycles. The Hall–Kier alpha value is -5.34. The van der Waals surface area contributed by atoms with Crippen molar-refractivity contribution in [2.24, 2.45) is 0 Å². The van der Waals surface area contributed by atoms with Crippen molar-refractivity contribution >= 4 is 44.4 Å². The van der Waals surface area contributed by atoms with Gasteiger partial charge >= 0.3 is 0 Å². The van der Waals surface area contributed by atoms with Crippen molar-refractivity contribution in [3.63, 3.8) is 0 Å². The van der Waals surface area contributed by atoms with Crippen LogP contribution in [0, 0.1) is 0 Å². The molecule has 0 radical (unpaired) electrons. The van der Waals surface area contributed by atoms with Gasteiger partial charge in [-0.15, -0.1) is 0 Å². The van der Waals surface area contributed by atoms with Crippen LogP contribution in [0.15, 0.2) is 140 Å². The molecular weight excluding hydrogens is 532 g/mol. The topological polar surface area (TPSA) is 9.86 Å². The first-order chi connectivity index (χ1) is 21.8. The van der Waals surface area contributed by atoms with Crippen molar-refractivity contribution in [1.29, 1.82) is 0 Å². The number of fused-ring (bicyclic) bond motifs is 6. The van der Waals surface area contributed by atoms with Gasteiger partial charge in [0.1, 0.15) is 0 Å². The first-order valence-corrected chi connectivity index (χ1v) is 15.7. The smallest absolute Gasteiger partial charge is 0.0541 e. The molecule has 0 N–H and O–H groups in total. The van der Waals surface area contributed by atoms with Crippen LogP contribution in [0.25, 0.3) is 66.9 Å². The first-order valence-electron chi connectivity index (χ1n) is 15.7. The summed E-state index contributed by atoms with van der Waals surface area (Å²) in [5.74, 6) is 0. The molecule has 5 aromatic carbocycles. The molecule has 0 atom stereocenters. The van der Waals surface area contributed by atoms with Crippen LogP contribution in [0.5, 0.6) is 0 Å². The highest BCUT2D eigenvalue weighted by molar-refractivity contribution is 6.11. The highest BCUT2D eigenvalue weighted by atomic mass is 15.0. The van der Waals surface area contributed by atoms with Crippen LogP contribution in [0.3, 0.4) is 0 Å². The van der Waals surface area contributed by atoms with Crippen LogP contribution >= 0.6 is 0 Å². The molecule has 0 spiro atoms. The molecule has 9 rings (SSSR count). The second-order valence-corrected chi connectivity index (χ2v) is 12.0. The lowest BCUT2D eigenvalue weighted by Crippen LogP contribution is -2.02.